The van der Waals surface area contributed by atoms with Gasteiger partial charge in [-0.15, -0.1) is 13.2 Å². The average molecular weight is 323 g/mol. The fourth-order valence-corrected chi connectivity index (χ4v) is 1.97. The third kappa shape index (κ3) is 4.00. The molecule has 122 valence electrons. The molecule has 3 rings (SSSR count). The van der Waals surface area contributed by atoms with E-state index in [-0.39, 0.29) is 5.75 Å². The molecule has 0 fully saturated rings. The zero-order chi connectivity index (χ0) is 17.0. The second kappa shape index (κ2) is 6.68. The Morgan fingerprint density at radius 3 is 2.30 bits per heavy atom. The van der Waals surface area contributed by atoms with Crippen molar-refractivity contribution >= 4 is 5.65 Å². The summed E-state index contributed by atoms with van der Waals surface area (Å²) in [6.45, 7) is 5.89. The highest BCUT2D eigenvalue weighted by atomic mass is 19.4. The first-order chi connectivity index (χ1) is 10.9. The van der Waals surface area contributed by atoms with Gasteiger partial charge >= 0.3 is 6.36 Å². The summed E-state index contributed by atoms with van der Waals surface area (Å²) in [5, 5.41) is 4.12. The molecule has 7 heteroatoms. The van der Waals surface area contributed by atoms with Crippen LogP contribution in [0.3, 0.4) is 0 Å². The highest BCUT2D eigenvalue weighted by Crippen LogP contribution is 2.26. The van der Waals surface area contributed by atoms with E-state index in [1.807, 2.05) is 20.8 Å². The van der Waals surface area contributed by atoms with E-state index in [0.717, 1.165) is 5.56 Å². The molecule has 0 radical (unpaired) electrons. The molecule has 0 spiro atoms. The summed E-state index contributed by atoms with van der Waals surface area (Å²) in [5.41, 5.74) is 2.99. The quantitative estimate of drug-likeness (QED) is 0.690. The van der Waals surface area contributed by atoms with Crippen molar-refractivity contribution in [2.75, 3.05) is 0 Å². The first-order valence-corrected chi connectivity index (χ1v) is 7.09. The van der Waals surface area contributed by atoms with E-state index in [4.69, 9.17) is 0 Å². The molecule has 3 aromatic rings. The van der Waals surface area contributed by atoms with Crippen molar-refractivity contribution in [1.29, 1.82) is 0 Å². The molecule has 0 amide bonds. The van der Waals surface area contributed by atoms with Crippen molar-refractivity contribution in [2.24, 2.45) is 0 Å². The first kappa shape index (κ1) is 16.8. The van der Waals surface area contributed by atoms with Crippen molar-refractivity contribution in [3.05, 3.63) is 48.3 Å². The molecule has 1 aromatic carbocycles. The maximum atomic E-state index is 12.1. The summed E-state index contributed by atoms with van der Waals surface area (Å²) in [7, 11) is 0. The van der Waals surface area contributed by atoms with Crippen molar-refractivity contribution < 1.29 is 17.9 Å². The van der Waals surface area contributed by atoms with Gasteiger partial charge in [0.25, 0.3) is 0 Å². The van der Waals surface area contributed by atoms with Crippen LogP contribution >= 0.6 is 0 Å². The molecular formula is C16H16F3N3O. The standard InChI is InChI=1S/C14H10F3N3O.C2H6/c1-9-8-18-20-7-6-12(19-13(9)20)10-2-4-11(5-3-10)21-14(15,16)17;1-2/h2-8H,1H3;1-2H3. The summed E-state index contributed by atoms with van der Waals surface area (Å²) in [5.74, 6) is -0.257. The van der Waals surface area contributed by atoms with Gasteiger partial charge in [0.15, 0.2) is 5.65 Å². The summed E-state index contributed by atoms with van der Waals surface area (Å²) in [6.07, 6.45) is -1.23. The lowest BCUT2D eigenvalue weighted by Crippen LogP contribution is -2.16. The molecule has 0 aliphatic rings. The van der Waals surface area contributed by atoms with Crippen LogP contribution in [0.15, 0.2) is 42.7 Å². The number of benzene rings is 1. The summed E-state index contributed by atoms with van der Waals surface area (Å²) in [6, 6.07) is 7.34. The molecule has 0 atom stereocenters. The van der Waals surface area contributed by atoms with Gasteiger partial charge in [-0.2, -0.15) is 5.10 Å². The third-order valence-corrected chi connectivity index (χ3v) is 2.93. The zero-order valence-corrected chi connectivity index (χ0v) is 12.9. The zero-order valence-electron chi connectivity index (χ0n) is 12.9. The van der Waals surface area contributed by atoms with E-state index in [1.165, 1.54) is 24.3 Å². The Morgan fingerprint density at radius 1 is 1.04 bits per heavy atom. The molecule has 0 bridgehead atoms. The number of halogens is 3. The number of ether oxygens (including phenoxy) is 1. The monoisotopic (exact) mass is 323 g/mol. The van der Waals surface area contributed by atoms with E-state index >= 15 is 0 Å². The molecule has 2 aromatic heterocycles. The van der Waals surface area contributed by atoms with Crippen LogP contribution in [0.1, 0.15) is 19.4 Å². The van der Waals surface area contributed by atoms with Crippen LogP contribution < -0.4 is 4.74 Å². The summed E-state index contributed by atoms with van der Waals surface area (Å²) in [4.78, 5) is 4.45. The van der Waals surface area contributed by atoms with Crippen molar-refractivity contribution in [2.45, 2.75) is 27.1 Å². The van der Waals surface area contributed by atoms with Crippen molar-refractivity contribution in [1.82, 2.24) is 14.6 Å². The second-order valence-corrected chi connectivity index (χ2v) is 4.48. The highest BCUT2D eigenvalue weighted by Gasteiger charge is 2.30. The Balaban J connectivity index is 0.000000924. The molecule has 0 saturated heterocycles. The summed E-state index contributed by atoms with van der Waals surface area (Å²) >= 11 is 0. The fourth-order valence-electron chi connectivity index (χ4n) is 1.97. The van der Waals surface area contributed by atoms with E-state index < -0.39 is 6.36 Å². The van der Waals surface area contributed by atoms with Crippen molar-refractivity contribution in [3.63, 3.8) is 0 Å². The SMILES string of the molecule is CC.Cc1cnn2ccc(-c3ccc(OC(F)(F)F)cc3)nc12. The van der Waals surface area contributed by atoms with Gasteiger partial charge in [-0.1, -0.05) is 13.8 Å². The van der Waals surface area contributed by atoms with Gasteiger partial charge in [0.1, 0.15) is 5.75 Å². The van der Waals surface area contributed by atoms with Gasteiger partial charge in [0, 0.05) is 17.3 Å². The largest absolute Gasteiger partial charge is 0.573 e. The maximum absolute atomic E-state index is 12.1. The minimum Gasteiger partial charge on any atom is -0.406 e. The Hall–Kier alpha value is -2.57. The number of hydrogen-bond acceptors (Lipinski definition) is 3. The Kier molecular flexibility index (Phi) is 4.88. The Labute approximate surface area is 131 Å². The fraction of sp³-hybridized carbons (Fsp3) is 0.250. The second-order valence-electron chi connectivity index (χ2n) is 4.48. The van der Waals surface area contributed by atoms with Gasteiger partial charge in [-0.05, 0) is 37.3 Å². The van der Waals surface area contributed by atoms with Crippen LogP contribution in [-0.2, 0) is 0 Å². The molecule has 0 saturated carbocycles. The van der Waals surface area contributed by atoms with E-state index in [0.29, 0.717) is 16.9 Å². The molecular weight excluding hydrogens is 307 g/mol. The highest BCUT2D eigenvalue weighted by molar-refractivity contribution is 5.63. The minimum atomic E-state index is -4.69. The smallest absolute Gasteiger partial charge is 0.406 e. The number of hydrogen-bond donors (Lipinski definition) is 0. The topological polar surface area (TPSA) is 39.4 Å². The summed E-state index contributed by atoms with van der Waals surface area (Å²) < 4.78 is 41.8. The Morgan fingerprint density at radius 2 is 1.70 bits per heavy atom. The van der Waals surface area contributed by atoms with Crippen molar-refractivity contribution in [3.8, 4) is 17.0 Å². The predicted molar refractivity (Wildman–Crippen MR) is 81.2 cm³/mol. The number of rotatable bonds is 2. The van der Waals surface area contributed by atoms with Crippen LogP contribution in [0.2, 0.25) is 0 Å². The van der Waals surface area contributed by atoms with Crippen LogP contribution in [0.5, 0.6) is 5.75 Å². The minimum absolute atomic E-state index is 0.257. The van der Waals surface area contributed by atoms with Gasteiger partial charge in [0.2, 0.25) is 0 Å². The van der Waals surface area contributed by atoms with Crippen LogP contribution in [0.25, 0.3) is 16.9 Å². The number of nitrogens with zero attached hydrogens (tertiary/aromatic N) is 3. The van der Waals surface area contributed by atoms with Gasteiger partial charge in [-0.3, -0.25) is 0 Å². The van der Waals surface area contributed by atoms with Crippen LogP contribution in [0, 0.1) is 6.92 Å². The van der Waals surface area contributed by atoms with E-state index in [1.54, 1.807) is 23.0 Å². The third-order valence-electron chi connectivity index (χ3n) is 2.93. The molecule has 23 heavy (non-hydrogen) atoms. The predicted octanol–water partition coefficient (Wildman–Crippen LogP) is 4.63. The number of aryl methyl sites for hydroxylation is 1. The maximum Gasteiger partial charge on any atom is 0.573 e. The Bertz CT molecular complexity index is 779. The molecule has 2 heterocycles. The van der Waals surface area contributed by atoms with Crippen LogP contribution in [-0.4, -0.2) is 21.0 Å². The van der Waals surface area contributed by atoms with E-state index in [9.17, 15) is 13.2 Å². The number of alkyl halides is 3. The first-order valence-electron chi connectivity index (χ1n) is 7.09. The van der Waals surface area contributed by atoms with E-state index in [2.05, 4.69) is 14.8 Å². The molecule has 0 unspecified atom stereocenters. The number of aromatic nitrogens is 3. The van der Waals surface area contributed by atoms with Gasteiger partial charge < -0.3 is 4.74 Å². The molecule has 0 N–H and O–H groups in total. The number of fused-ring (bicyclic) bond motifs is 1. The molecule has 0 aliphatic carbocycles. The van der Waals surface area contributed by atoms with Gasteiger partial charge in [0.05, 0.1) is 11.9 Å². The average Bonchev–Trinajstić information content (AvgIpc) is 2.89. The molecule has 0 aliphatic heterocycles. The van der Waals surface area contributed by atoms with Crippen LogP contribution in [0.4, 0.5) is 13.2 Å². The molecule has 4 nitrogen and oxygen atoms in total. The van der Waals surface area contributed by atoms with Gasteiger partial charge in [-0.25, -0.2) is 9.50 Å². The normalized spacial score (nSPS) is 11.0. The lowest BCUT2D eigenvalue weighted by atomic mass is 10.1. The lowest BCUT2D eigenvalue weighted by molar-refractivity contribution is -0.274. The lowest BCUT2D eigenvalue weighted by Gasteiger charge is -2.09.